The molecule has 6 heteroatoms. The van der Waals surface area contributed by atoms with E-state index in [-0.39, 0.29) is 37.3 Å². The largest absolute Gasteiger partial charge is 0.481 e. The fourth-order valence-corrected chi connectivity index (χ4v) is 1.55. The molecule has 0 aliphatic heterocycles. The van der Waals surface area contributed by atoms with Crippen molar-refractivity contribution in [1.29, 1.82) is 0 Å². The first-order valence-electron chi connectivity index (χ1n) is 5.86. The highest BCUT2D eigenvalue weighted by Gasteiger charge is 2.22. The molecule has 0 aromatic rings. The monoisotopic (exact) mass is 259 g/mol. The minimum absolute atomic E-state index is 0.0596. The third kappa shape index (κ3) is 6.22. The first-order chi connectivity index (χ1) is 8.27. The van der Waals surface area contributed by atoms with E-state index in [1.807, 2.05) is 0 Å². The molecule has 1 amide bonds. The van der Waals surface area contributed by atoms with Crippen LogP contribution in [0, 0.1) is 5.92 Å². The van der Waals surface area contributed by atoms with Gasteiger partial charge in [0.2, 0.25) is 5.91 Å². The number of esters is 1. The van der Waals surface area contributed by atoms with Crippen LogP contribution < -0.4 is 0 Å². The topological polar surface area (TPSA) is 83.9 Å². The van der Waals surface area contributed by atoms with Crippen LogP contribution in [-0.2, 0) is 19.1 Å². The van der Waals surface area contributed by atoms with Crippen LogP contribution in [0.4, 0.5) is 0 Å². The number of methoxy groups -OCH3 is 1. The maximum absolute atomic E-state index is 12.0. The molecule has 0 rings (SSSR count). The third-order valence-corrected chi connectivity index (χ3v) is 2.52. The zero-order valence-electron chi connectivity index (χ0n) is 11.3. The average Bonchev–Trinajstić information content (AvgIpc) is 2.23. The zero-order valence-corrected chi connectivity index (χ0v) is 11.3. The number of hydrogen-bond acceptors (Lipinski definition) is 4. The molecule has 18 heavy (non-hydrogen) atoms. The number of carboxylic acids is 1. The minimum atomic E-state index is -0.931. The van der Waals surface area contributed by atoms with Crippen molar-refractivity contribution >= 4 is 17.8 Å². The molecule has 0 aliphatic carbocycles. The molecule has 6 nitrogen and oxygen atoms in total. The fraction of sp³-hybridized carbons (Fsp3) is 0.750. The second-order valence-corrected chi connectivity index (χ2v) is 4.60. The summed E-state index contributed by atoms with van der Waals surface area (Å²) in [5.41, 5.74) is 0. The van der Waals surface area contributed by atoms with Crippen molar-refractivity contribution < 1.29 is 24.2 Å². The first kappa shape index (κ1) is 16.4. The van der Waals surface area contributed by atoms with Crippen LogP contribution in [0.15, 0.2) is 0 Å². The molecule has 1 atom stereocenters. The van der Waals surface area contributed by atoms with E-state index < -0.39 is 11.9 Å². The van der Waals surface area contributed by atoms with Gasteiger partial charge in [-0.15, -0.1) is 0 Å². The normalized spacial score (nSPS) is 12.1. The van der Waals surface area contributed by atoms with Crippen molar-refractivity contribution in [3.8, 4) is 0 Å². The van der Waals surface area contributed by atoms with Crippen LogP contribution in [0.3, 0.4) is 0 Å². The highest BCUT2D eigenvalue weighted by molar-refractivity contribution is 5.82. The molecule has 0 bridgehead atoms. The summed E-state index contributed by atoms with van der Waals surface area (Å²) in [6.45, 7) is 5.18. The van der Waals surface area contributed by atoms with Gasteiger partial charge in [0.25, 0.3) is 0 Å². The SMILES string of the molecule is COC(=O)CN(C(=O)CC(C)CC(=O)O)C(C)C. The average molecular weight is 259 g/mol. The van der Waals surface area contributed by atoms with E-state index >= 15 is 0 Å². The first-order valence-corrected chi connectivity index (χ1v) is 5.86. The van der Waals surface area contributed by atoms with Gasteiger partial charge in [0, 0.05) is 18.9 Å². The second-order valence-electron chi connectivity index (χ2n) is 4.60. The number of ether oxygens (including phenoxy) is 1. The summed E-state index contributed by atoms with van der Waals surface area (Å²) in [5.74, 6) is -1.90. The number of carbonyl (C=O) groups is 3. The maximum Gasteiger partial charge on any atom is 0.325 e. The molecule has 0 aromatic carbocycles. The Morgan fingerprint density at radius 1 is 1.17 bits per heavy atom. The van der Waals surface area contributed by atoms with E-state index in [0.29, 0.717) is 0 Å². The van der Waals surface area contributed by atoms with E-state index in [0.717, 1.165) is 0 Å². The number of nitrogens with zero attached hydrogens (tertiary/aromatic N) is 1. The maximum atomic E-state index is 12.0. The van der Waals surface area contributed by atoms with E-state index in [9.17, 15) is 14.4 Å². The van der Waals surface area contributed by atoms with Gasteiger partial charge in [0.05, 0.1) is 7.11 Å². The molecule has 0 fully saturated rings. The summed E-state index contributed by atoms with van der Waals surface area (Å²) >= 11 is 0. The highest BCUT2D eigenvalue weighted by atomic mass is 16.5. The Balaban J connectivity index is 4.48. The van der Waals surface area contributed by atoms with Crippen molar-refractivity contribution in [2.75, 3.05) is 13.7 Å². The van der Waals surface area contributed by atoms with Crippen LogP contribution in [0.2, 0.25) is 0 Å². The molecule has 1 unspecified atom stereocenters. The van der Waals surface area contributed by atoms with Crippen LogP contribution in [-0.4, -0.2) is 47.5 Å². The molecule has 0 aliphatic rings. The molecule has 0 spiro atoms. The van der Waals surface area contributed by atoms with Crippen molar-refractivity contribution in [2.24, 2.45) is 5.92 Å². The molecule has 0 radical (unpaired) electrons. The van der Waals surface area contributed by atoms with Gasteiger partial charge in [0.1, 0.15) is 6.54 Å². The van der Waals surface area contributed by atoms with E-state index in [1.54, 1.807) is 20.8 Å². The summed E-state index contributed by atoms with van der Waals surface area (Å²) in [6, 6.07) is -0.131. The lowest BCUT2D eigenvalue weighted by molar-refractivity contribution is -0.149. The highest BCUT2D eigenvalue weighted by Crippen LogP contribution is 2.12. The van der Waals surface area contributed by atoms with Gasteiger partial charge >= 0.3 is 11.9 Å². The third-order valence-electron chi connectivity index (χ3n) is 2.52. The van der Waals surface area contributed by atoms with E-state index in [2.05, 4.69) is 4.74 Å². The lowest BCUT2D eigenvalue weighted by Crippen LogP contribution is -2.41. The Kier molecular flexibility index (Phi) is 7.00. The summed E-state index contributed by atoms with van der Waals surface area (Å²) in [6.07, 6.45) is 0.0530. The quantitative estimate of drug-likeness (QED) is 0.687. The summed E-state index contributed by atoms with van der Waals surface area (Å²) < 4.78 is 4.52. The fourth-order valence-electron chi connectivity index (χ4n) is 1.55. The summed E-state index contributed by atoms with van der Waals surface area (Å²) in [4.78, 5) is 35.1. The standard InChI is InChI=1S/C12H21NO5/c1-8(2)13(7-12(17)18-4)10(14)5-9(3)6-11(15)16/h8-9H,5-7H2,1-4H3,(H,15,16). The number of aliphatic carboxylic acids is 1. The van der Waals surface area contributed by atoms with Gasteiger partial charge < -0.3 is 14.7 Å². The lowest BCUT2D eigenvalue weighted by Gasteiger charge is -2.26. The summed E-state index contributed by atoms with van der Waals surface area (Å²) in [5, 5.41) is 8.63. The Labute approximate surface area is 107 Å². The number of rotatable bonds is 7. The van der Waals surface area contributed by atoms with Gasteiger partial charge in [-0.25, -0.2) is 0 Å². The van der Waals surface area contributed by atoms with Crippen LogP contribution in [0.25, 0.3) is 0 Å². The Morgan fingerprint density at radius 3 is 2.11 bits per heavy atom. The van der Waals surface area contributed by atoms with Crippen LogP contribution in [0.5, 0.6) is 0 Å². The smallest absolute Gasteiger partial charge is 0.325 e. The van der Waals surface area contributed by atoms with Gasteiger partial charge in [0.15, 0.2) is 0 Å². The molecular formula is C12H21NO5. The molecule has 1 N–H and O–H groups in total. The molecule has 104 valence electrons. The molecule has 0 aromatic heterocycles. The van der Waals surface area contributed by atoms with Crippen molar-refractivity contribution in [2.45, 2.75) is 39.7 Å². The second kappa shape index (κ2) is 7.68. The molecule has 0 saturated heterocycles. The number of hydrogen-bond donors (Lipinski definition) is 1. The van der Waals surface area contributed by atoms with E-state index in [1.165, 1.54) is 12.0 Å². The Morgan fingerprint density at radius 2 is 1.72 bits per heavy atom. The van der Waals surface area contributed by atoms with Crippen LogP contribution >= 0.6 is 0 Å². The lowest BCUT2D eigenvalue weighted by atomic mass is 10.0. The van der Waals surface area contributed by atoms with Gasteiger partial charge in [-0.05, 0) is 19.8 Å². The molecule has 0 heterocycles. The number of amides is 1. The van der Waals surface area contributed by atoms with Gasteiger partial charge in [-0.3, -0.25) is 14.4 Å². The van der Waals surface area contributed by atoms with Crippen molar-refractivity contribution in [3.63, 3.8) is 0 Å². The van der Waals surface area contributed by atoms with Crippen molar-refractivity contribution in [1.82, 2.24) is 4.90 Å². The predicted octanol–water partition coefficient (Wildman–Crippen LogP) is 0.897. The van der Waals surface area contributed by atoms with Gasteiger partial charge in [-0.1, -0.05) is 6.92 Å². The molecular weight excluding hydrogens is 238 g/mol. The van der Waals surface area contributed by atoms with Crippen LogP contribution in [0.1, 0.15) is 33.6 Å². The van der Waals surface area contributed by atoms with E-state index in [4.69, 9.17) is 5.11 Å². The predicted molar refractivity (Wildman–Crippen MR) is 64.9 cm³/mol. The number of carbonyl (C=O) groups excluding carboxylic acids is 2. The summed E-state index contributed by atoms with van der Waals surface area (Å²) in [7, 11) is 1.26. The zero-order chi connectivity index (χ0) is 14.3. The molecule has 0 saturated carbocycles. The Hall–Kier alpha value is -1.59. The Bertz CT molecular complexity index is 314. The minimum Gasteiger partial charge on any atom is -0.481 e. The number of carboxylic acid groups (broad SMARTS) is 1. The van der Waals surface area contributed by atoms with Gasteiger partial charge in [-0.2, -0.15) is 0 Å². The van der Waals surface area contributed by atoms with Crippen molar-refractivity contribution in [3.05, 3.63) is 0 Å².